The second-order valence-electron chi connectivity index (χ2n) is 9.12. The van der Waals surface area contributed by atoms with Gasteiger partial charge in [0.05, 0.1) is 20.3 Å². The molecule has 214 valence electrons. The van der Waals surface area contributed by atoms with E-state index in [4.69, 9.17) is 33.2 Å². The van der Waals surface area contributed by atoms with Crippen molar-refractivity contribution in [3.63, 3.8) is 0 Å². The summed E-state index contributed by atoms with van der Waals surface area (Å²) in [4.78, 5) is 12.8. The van der Waals surface area contributed by atoms with Gasteiger partial charge in [-0.25, -0.2) is 0 Å². The van der Waals surface area contributed by atoms with Crippen molar-refractivity contribution in [1.82, 2.24) is 0 Å². The van der Waals surface area contributed by atoms with Crippen LogP contribution in [0.5, 0.6) is 17.2 Å². The van der Waals surface area contributed by atoms with Crippen molar-refractivity contribution in [3.05, 3.63) is 17.2 Å². The lowest BCUT2D eigenvalue weighted by Crippen LogP contribution is -2.62. The molecule has 3 aliphatic heterocycles. The molecule has 0 aromatic heterocycles. The highest BCUT2D eigenvalue weighted by molar-refractivity contribution is 6.07. The molecule has 11 unspecified atom stereocenters. The second-order valence-corrected chi connectivity index (χ2v) is 9.12. The predicted molar refractivity (Wildman–Crippen MR) is 121 cm³/mol. The van der Waals surface area contributed by atoms with Gasteiger partial charge >= 0.3 is 0 Å². The van der Waals surface area contributed by atoms with Gasteiger partial charge in [-0.15, -0.1) is 0 Å². The molecule has 7 N–H and O–H groups in total. The smallest absolute Gasteiger partial charge is 0.264 e. The lowest BCUT2D eigenvalue weighted by atomic mass is 9.98. The third-order valence-electron chi connectivity index (χ3n) is 6.75. The first-order chi connectivity index (χ1) is 18.0. The lowest BCUT2D eigenvalue weighted by molar-refractivity contribution is -0.323. The number of aliphatic hydroxyl groups is 7. The summed E-state index contributed by atoms with van der Waals surface area (Å²) in [5.41, 5.74) is 0.495. The van der Waals surface area contributed by atoms with Crippen molar-refractivity contribution in [2.45, 2.75) is 74.6 Å². The van der Waals surface area contributed by atoms with E-state index in [0.717, 1.165) is 0 Å². The zero-order chi connectivity index (χ0) is 27.9. The molecule has 15 nitrogen and oxygen atoms in total. The molecule has 2 fully saturated rings. The van der Waals surface area contributed by atoms with Crippen LogP contribution < -0.4 is 14.2 Å². The molecular weight excluding hydrogens is 516 g/mol. The van der Waals surface area contributed by atoms with E-state index in [1.807, 2.05) is 0 Å². The Morgan fingerprint density at radius 2 is 1.45 bits per heavy atom. The Morgan fingerprint density at radius 1 is 0.842 bits per heavy atom. The molecule has 0 spiro atoms. The fourth-order valence-corrected chi connectivity index (χ4v) is 4.50. The highest BCUT2D eigenvalue weighted by Gasteiger charge is 2.48. The number of hydrogen-bond donors (Lipinski definition) is 7. The molecule has 15 heteroatoms. The van der Waals surface area contributed by atoms with E-state index in [2.05, 4.69) is 0 Å². The van der Waals surface area contributed by atoms with Gasteiger partial charge in [0.25, 0.3) is 6.29 Å². The average molecular weight is 548 g/mol. The van der Waals surface area contributed by atoms with Crippen LogP contribution in [0.4, 0.5) is 0 Å². The first-order valence-corrected chi connectivity index (χ1v) is 11.8. The third kappa shape index (κ3) is 5.07. The highest BCUT2D eigenvalue weighted by Crippen LogP contribution is 2.44. The minimum Gasteiger partial charge on any atom is -0.496 e. The molecular formula is C23H32O15. The Morgan fingerprint density at radius 3 is 2.05 bits per heavy atom. The molecule has 4 rings (SSSR count). The van der Waals surface area contributed by atoms with E-state index < -0.39 is 86.7 Å². The number of fused-ring (bicyclic) bond motifs is 1. The van der Waals surface area contributed by atoms with Gasteiger partial charge in [0.15, 0.2) is 6.29 Å². The summed E-state index contributed by atoms with van der Waals surface area (Å²) in [6.07, 6.45) is -17.2. The van der Waals surface area contributed by atoms with Crippen LogP contribution in [-0.4, -0.2) is 137 Å². The number of hydrogen-bond acceptors (Lipinski definition) is 15. The minimum absolute atomic E-state index is 0.000630. The van der Waals surface area contributed by atoms with Crippen molar-refractivity contribution < 1.29 is 73.7 Å². The SMILES string of the molecule is COc1cc(OC2OC(COC3OC(CO)C(O)C(O)C3O)C(O)C(O)C2O)c2c(c1C)OC(OC)C2=O. The van der Waals surface area contributed by atoms with E-state index in [0.29, 0.717) is 5.56 Å². The van der Waals surface area contributed by atoms with Crippen LogP contribution in [0.3, 0.4) is 0 Å². The first kappa shape index (κ1) is 28.8. The molecule has 1 aromatic rings. The average Bonchev–Trinajstić information content (AvgIpc) is 3.26. The van der Waals surface area contributed by atoms with Gasteiger partial charge in [0, 0.05) is 18.7 Å². The summed E-state index contributed by atoms with van der Waals surface area (Å²) in [6.45, 7) is 0.437. The molecule has 0 aliphatic carbocycles. The largest absolute Gasteiger partial charge is 0.496 e. The number of carbonyl (C=O) groups is 1. The quantitative estimate of drug-likeness (QED) is 0.168. The summed E-state index contributed by atoms with van der Waals surface area (Å²) >= 11 is 0. The van der Waals surface area contributed by atoms with Gasteiger partial charge in [-0.05, 0) is 6.92 Å². The van der Waals surface area contributed by atoms with Crippen molar-refractivity contribution in [1.29, 1.82) is 0 Å². The van der Waals surface area contributed by atoms with E-state index in [1.165, 1.54) is 20.3 Å². The Bertz CT molecular complexity index is 1000. The molecule has 3 heterocycles. The van der Waals surface area contributed by atoms with Crippen LogP contribution >= 0.6 is 0 Å². The van der Waals surface area contributed by atoms with E-state index >= 15 is 0 Å². The van der Waals surface area contributed by atoms with Gasteiger partial charge in [-0.2, -0.15) is 0 Å². The van der Waals surface area contributed by atoms with Crippen LogP contribution in [-0.2, 0) is 18.9 Å². The molecule has 2 saturated heterocycles. The number of carbonyl (C=O) groups excluding carboxylic acids is 1. The zero-order valence-electron chi connectivity index (χ0n) is 20.7. The maximum atomic E-state index is 12.8. The molecule has 0 bridgehead atoms. The second kappa shape index (κ2) is 11.5. The number of aliphatic hydroxyl groups excluding tert-OH is 7. The molecule has 38 heavy (non-hydrogen) atoms. The van der Waals surface area contributed by atoms with Crippen LogP contribution in [0.25, 0.3) is 0 Å². The Labute approximate surface area is 216 Å². The summed E-state index contributed by atoms with van der Waals surface area (Å²) in [7, 11) is 2.68. The van der Waals surface area contributed by atoms with Gasteiger partial charge < -0.3 is 68.9 Å². The van der Waals surface area contributed by atoms with E-state index in [-0.39, 0.29) is 22.8 Å². The predicted octanol–water partition coefficient (Wildman–Crippen LogP) is -3.45. The standard InChI is InChI=1S/C23H32O15/c1-7-8(32-2)4-9(12-15(27)21(33-3)38-20(7)12)35-23-19(31)17(29)14(26)11(37-23)6-34-22-18(30)16(28)13(25)10(5-24)36-22/h4,10-11,13-14,16-19,21-26,28-31H,5-6H2,1-3H3. The van der Waals surface area contributed by atoms with E-state index in [9.17, 15) is 40.5 Å². The van der Waals surface area contributed by atoms with Crippen LogP contribution in [0.2, 0.25) is 0 Å². The molecule has 1 aromatic carbocycles. The van der Waals surface area contributed by atoms with Gasteiger partial charge in [-0.3, -0.25) is 4.79 Å². The Balaban J connectivity index is 1.53. The normalized spacial score (nSPS) is 39.0. The molecule has 0 saturated carbocycles. The number of rotatable bonds is 8. The molecule has 3 aliphatic rings. The number of ether oxygens (including phenoxy) is 7. The highest BCUT2D eigenvalue weighted by atomic mass is 16.7. The van der Waals surface area contributed by atoms with Crippen molar-refractivity contribution >= 4 is 5.78 Å². The van der Waals surface area contributed by atoms with E-state index in [1.54, 1.807) is 6.92 Å². The van der Waals surface area contributed by atoms with Gasteiger partial charge in [0.2, 0.25) is 12.1 Å². The number of ketones is 1. The fraction of sp³-hybridized carbons (Fsp3) is 0.696. The van der Waals surface area contributed by atoms with Crippen molar-refractivity contribution in [3.8, 4) is 17.2 Å². The Kier molecular flexibility index (Phi) is 8.75. The zero-order valence-corrected chi connectivity index (χ0v) is 20.7. The van der Waals surface area contributed by atoms with Crippen molar-refractivity contribution in [2.24, 2.45) is 0 Å². The fourth-order valence-electron chi connectivity index (χ4n) is 4.50. The Hall–Kier alpha value is -2.15. The monoisotopic (exact) mass is 548 g/mol. The van der Waals surface area contributed by atoms with Crippen LogP contribution in [0.1, 0.15) is 15.9 Å². The minimum atomic E-state index is -1.78. The lowest BCUT2D eigenvalue weighted by Gasteiger charge is -2.42. The maximum absolute atomic E-state index is 12.8. The number of Topliss-reactive ketones (excluding diaryl/α,β-unsaturated/α-hetero) is 1. The summed E-state index contributed by atoms with van der Waals surface area (Å²) in [5.74, 6) is -0.230. The van der Waals surface area contributed by atoms with Crippen molar-refractivity contribution in [2.75, 3.05) is 27.4 Å². The number of methoxy groups -OCH3 is 2. The molecule has 0 amide bonds. The van der Waals surface area contributed by atoms with Gasteiger partial charge in [-0.1, -0.05) is 0 Å². The first-order valence-electron chi connectivity index (χ1n) is 11.8. The third-order valence-corrected chi connectivity index (χ3v) is 6.75. The van der Waals surface area contributed by atoms with Gasteiger partial charge in [0.1, 0.15) is 71.6 Å². The maximum Gasteiger partial charge on any atom is 0.264 e. The van der Waals surface area contributed by atoms with Crippen LogP contribution in [0, 0.1) is 6.92 Å². The summed E-state index contributed by atoms with van der Waals surface area (Å²) in [6, 6.07) is 1.38. The molecule has 0 radical (unpaired) electrons. The summed E-state index contributed by atoms with van der Waals surface area (Å²) < 4.78 is 38.0. The topological polar surface area (TPSA) is 223 Å². The number of benzene rings is 1. The molecule has 11 atom stereocenters. The van der Waals surface area contributed by atoms with Crippen LogP contribution in [0.15, 0.2) is 6.07 Å². The summed E-state index contributed by atoms with van der Waals surface area (Å²) in [5, 5.41) is 70.8.